The fourth-order valence-electron chi connectivity index (χ4n) is 1.77. The van der Waals surface area contributed by atoms with Crippen molar-refractivity contribution in [1.82, 2.24) is 19.9 Å². The highest BCUT2D eigenvalue weighted by atomic mass is 35.5. The summed E-state index contributed by atoms with van der Waals surface area (Å²) in [5.74, 6) is 0.826. The first-order valence-electron chi connectivity index (χ1n) is 5.72. The summed E-state index contributed by atoms with van der Waals surface area (Å²) in [7, 11) is 1.96. The molecule has 7 heteroatoms. The van der Waals surface area contributed by atoms with Gasteiger partial charge >= 0.3 is 0 Å². The Bertz CT molecular complexity index is 554. The third kappa shape index (κ3) is 4.04. The molecular formula is C12H15ClN6. The van der Waals surface area contributed by atoms with E-state index in [1.807, 2.05) is 36.2 Å². The Morgan fingerprint density at radius 3 is 2.42 bits per heavy atom. The maximum absolute atomic E-state index is 5.95. The van der Waals surface area contributed by atoms with Gasteiger partial charge in [-0.2, -0.15) is 15.0 Å². The van der Waals surface area contributed by atoms with E-state index in [9.17, 15) is 0 Å². The number of hydrogen-bond acceptors (Lipinski definition) is 6. The molecule has 0 aliphatic carbocycles. The highest BCUT2D eigenvalue weighted by Gasteiger charge is 2.07. The summed E-state index contributed by atoms with van der Waals surface area (Å²) in [6, 6.07) is 7.70. The summed E-state index contributed by atoms with van der Waals surface area (Å²) < 4.78 is 0. The first-order valence-corrected chi connectivity index (χ1v) is 6.09. The topological polar surface area (TPSA) is 94.0 Å². The molecule has 100 valence electrons. The number of nitrogen functional groups attached to an aromatic ring is 2. The molecule has 0 saturated heterocycles. The van der Waals surface area contributed by atoms with E-state index in [4.69, 9.17) is 23.1 Å². The first kappa shape index (κ1) is 13.5. The molecule has 0 bridgehead atoms. The van der Waals surface area contributed by atoms with E-state index >= 15 is 0 Å². The highest BCUT2D eigenvalue weighted by molar-refractivity contribution is 6.30. The van der Waals surface area contributed by atoms with Crippen molar-refractivity contribution in [3.8, 4) is 0 Å². The Morgan fingerprint density at radius 2 is 1.79 bits per heavy atom. The molecular weight excluding hydrogens is 264 g/mol. The molecule has 0 amide bonds. The zero-order chi connectivity index (χ0) is 13.8. The van der Waals surface area contributed by atoms with Crippen molar-refractivity contribution >= 4 is 23.5 Å². The maximum atomic E-state index is 5.95. The minimum Gasteiger partial charge on any atom is -0.368 e. The molecule has 1 aromatic heterocycles. The van der Waals surface area contributed by atoms with Crippen LogP contribution in [0.5, 0.6) is 0 Å². The van der Waals surface area contributed by atoms with Gasteiger partial charge in [-0.3, -0.25) is 4.90 Å². The number of anilines is 2. The van der Waals surface area contributed by atoms with E-state index in [1.54, 1.807) is 0 Å². The van der Waals surface area contributed by atoms with Gasteiger partial charge in [-0.25, -0.2) is 0 Å². The molecule has 1 aromatic carbocycles. The van der Waals surface area contributed by atoms with Crippen molar-refractivity contribution in [3.05, 3.63) is 40.7 Å². The second kappa shape index (κ2) is 5.81. The molecule has 0 radical (unpaired) electrons. The summed E-state index contributed by atoms with van der Waals surface area (Å²) in [5, 5.41) is 0.722. The van der Waals surface area contributed by atoms with Crippen LogP contribution in [0.3, 0.4) is 0 Å². The minimum atomic E-state index is 0.138. The standard InChI is InChI=1S/C12H15ClN6/c1-19(6-8-3-2-4-9(13)5-8)7-10-16-11(14)18-12(15)17-10/h2-5H,6-7H2,1H3,(H4,14,15,16,17,18). The van der Waals surface area contributed by atoms with E-state index in [1.165, 1.54) is 0 Å². The third-order valence-electron chi connectivity index (χ3n) is 2.47. The van der Waals surface area contributed by atoms with Gasteiger partial charge in [0.2, 0.25) is 11.9 Å². The predicted octanol–water partition coefficient (Wildman–Crippen LogP) is 1.32. The Balaban J connectivity index is 2.03. The average Bonchev–Trinajstić information content (AvgIpc) is 2.26. The van der Waals surface area contributed by atoms with Gasteiger partial charge in [0.05, 0.1) is 6.54 Å². The Hall–Kier alpha value is -1.92. The summed E-state index contributed by atoms with van der Waals surface area (Å²) in [4.78, 5) is 13.9. The second-order valence-electron chi connectivity index (χ2n) is 4.27. The van der Waals surface area contributed by atoms with Crippen LogP contribution < -0.4 is 11.5 Å². The van der Waals surface area contributed by atoms with Crippen molar-refractivity contribution < 1.29 is 0 Å². The molecule has 0 atom stereocenters. The minimum absolute atomic E-state index is 0.138. The van der Waals surface area contributed by atoms with E-state index in [0.717, 1.165) is 17.1 Å². The molecule has 0 unspecified atom stereocenters. The Morgan fingerprint density at radius 1 is 1.11 bits per heavy atom. The highest BCUT2D eigenvalue weighted by Crippen LogP contribution is 2.13. The van der Waals surface area contributed by atoms with Crippen LogP contribution in [0.15, 0.2) is 24.3 Å². The second-order valence-corrected chi connectivity index (χ2v) is 4.71. The largest absolute Gasteiger partial charge is 0.368 e. The smallest absolute Gasteiger partial charge is 0.225 e. The van der Waals surface area contributed by atoms with Gasteiger partial charge in [0.15, 0.2) is 0 Å². The van der Waals surface area contributed by atoms with Gasteiger partial charge in [0.1, 0.15) is 5.82 Å². The molecule has 1 heterocycles. The lowest BCUT2D eigenvalue weighted by molar-refractivity contribution is 0.310. The molecule has 4 N–H and O–H groups in total. The number of hydrogen-bond donors (Lipinski definition) is 2. The van der Waals surface area contributed by atoms with Crippen LogP contribution in [-0.4, -0.2) is 26.9 Å². The van der Waals surface area contributed by atoms with E-state index < -0.39 is 0 Å². The Kier molecular flexibility index (Phi) is 4.13. The predicted molar refractivity (Wildman–Crippen MR) is 75.3 cm³/mol. The zero-order valence-corrected chi connectivity index (χ0v) is 11.3. The lowest BCUT2D eigenvalue weighted by Gasteiger charge is -2.16. The van der Waals surface area contributed by atoms with Gasteiger partial charge in [-0.05, 0) is 24.7 Å². The van der Waals surface area contributed by atoms with Gasteiger partial charge in [0.25, 0.3) is 0 Å². The molecule has 0 saturated carbocycles. The molecule has 0 aliphatic heterocycles. The number of halogens is 1. The molecule has 6 nitrogen and oxygen atoms in total. The summed E-state index contributed by atoms with van der Waals surface area (Å²) in [6.07, 6.45) is 0. The van der Waals surface area contributed by atoms with E-state index in [-0.39, 0.29) is 11.9 Å². The summed E-state index contributed by atoms with van der Waals surface area (Å²) in [5.41, 5.74) is 12.2. The van der Waals surface area contributed by atoms with Crippen LogP contribution in [0.4, 0.5) is 11.9 Å². The van der Waals surface area contributed by atoms with Crippen molar-refractivity contribution in [2.45, 2.75) is 13.1 Å². The van der Waals surface area contributed by atoms with Crippen LogP contribution in [0.2, 0.25) is 5.02 Å². The van der Waals surface area contributed by atoms with Gasteiger partial charge < -0.3 is 11.5 Å². The molecule has 2 rings (SSSR count). The third-order valence-corrected chi connectivity index (χ3v) is 2.70. The average molecular weight is 279 g/mol. The fourth-order valence-corrected chi connectivity index (χ4v) is 1.98. The SMILES string of the molecule is CN(Cc1cccc(Cl)c1)Cc1nc(N)nc(N)n1. The van der Waals surface area contributed by atoms with Gasteiger partial charge in [0, 0.05) is 11.6 Å². The van der Waals surface area contributed by atoms with E-state index in [0.29, 0.717) is 12.4 Å². The number of benzene rings is 1. The number of nitrogens with two attached hydrogens (primary N) is 2. The summed E-state index contributed by atoms with van der Waals surface area (Å²) >= 11 is 5.95. The molecule has 2 aromatic rings. The summed E-state index contributed by atoms with van der Waals surface area (Å²) in [6.45, 7) is 1.26. The van der Waals surface area contributed by atoms with Gasteiger partial charge in [-0.15, -0.1) is 0 Å². The Labute approximate surface area is 116 Å². The van der Waals surface area contributed by atoms with Gasteiger partial charge in [-0.1, -0.05) is 23.7 Å². The quantitative estimate of drug-likeness (QED) is 0.876. The van der Waals surface area contributed by atoms with Crippen LogP contribution in [0, 0.1) is 0 Å². The first-order chi connectivity index (χ1) is 9.02. The lowest BCUT2D eigenvalue weighted by Crippen LogP contribution is -2.20. The van der Waals surface area contributed by atoms with E-state index in [2.05, 4.69) is 15.0 Å². The van der Waals surface area contributed by atoms with Crippen LogP contribution in [0.1, 0.15) is 11.4 Å². The number of aromatic nitrogens is 3. The monoisotopic (exact) mass is 278 g/mol. The molecule has 19 heavy (non-hydrogen) atoms. The molecule has 0 fully saturated rings. The van der Waals surface area contributed by atoms with Crippen LogP contribution in [-0.2, 0) is 13.1 Å². The maximum Gasteiger partial charge on any atom is 0.225 e. The van der Waals surface area contributed by atoms with Crippen molar-refractivity contribution in [3.63, 3.8) is 0 Å². The zero-order valence-electron chi connectivity index (χ0n) is 10.5. The number of nitrogens with zero attached hydrogens (tertiary/aromatic N) is 4. The molecule has 0 spiro atoms. The fraction of sp³-hybridized carbons (Fsp3) is 0.250. The van der Waals surface area contributed by atoms with Crippen LogP contribution in [0.25, 0.3) is 0 Å². The normalized spacial score (nSPS) is 10.9. The number of rotatable bonds is 4. The van der Waals surface area contributed by atoms with Crippen LogP contribution >= 0.6 is 11.6 Å². The van der Waals surface area contributed by atoms with Crippen molar-refractivity contribution in [1.29, 1.82) is 0 Å². The lowest BCUT2D eigenvalue weighted by atomic mass is 10.2. The molecule has 0 aliphatic rings. The van der Waals surface area contributed by atoms with Crippen molar-refractivity contribution in [2.75, 3.05) is 18.5 Å². The van der Waals surface area contributed by atoms with Crippen molar-refractivity contribution in [2.24, 2.45) is 0 Å².